The fourth-order valence-corrected chi connectivity index (χ4v) is 2.84. The molecule has 2 aromatic heterocycles. The molecule has 9 heteroatoms. The van der Waals surface area contributed by atoms with Crippen molar-refractivity contribution in [2.24, 2.45) is 0 Å². The molecule has 0 aliphatic carbocycles. The first-order valence-electron chi connectivity index (χ1n) is 6.71. The molecule has 0 atom stereocenters. The molecule has 0 aliphatic heterocycles. The summed E-state index contributed by atoms with van der Waals surface area (Å²) in [7, 11) is 0. The Morgan fingerprint density at radius 3 is 2.54 bits per heavy atom. The molecule has 0 saturated carbocycles. The van der Waals surface area contributed by atoms with E-state index in [0.29, 0.717) is 22.8 Å². The molecule has 2 heterocycles. The Labute approximate surface area is 138 Å². The highest BCUT2D eigenvalue weighted by Crippen LogP contribution is 2.31. The standard InChI is InChI=1S/C15H10F3N3O2S/c16-15(17,18)11-3-1-9(2-4-11)12-8-24-13(20-12)7-21-6-10(5-19-21)14(22)23/h1-6,8H,7H2,(H,22,23). The summed E-state index contributed by atoms with van der Waals surface area (Å²) in [6, 6.07) is 4.78. The van der Waals surface area contributed by atoms with Gasteiger partial charge in [-0.05, 0) is 12.1 Å². The quantitative estimate of drug-likeness (QED) is 0.775. The Morgan fingerprint density at radius 2 is 1.96 bits per heavy atom. The molecule has 0 saturated heterocycles. The molecule has 0 fully saturated rings. The van der Waals surface area contributed by atoms with Crippen LogP contribution < -0.4 is 0 Å². The molecular formula is C15H10F3N3O2S. The fourth-order valence-electron chi connectivity index (χ4n) is 2.05. The number of hydrogen-bond acceptors (Lipinski definition) is 4. The lowest BCUT2D eigenvalue weighted by atomic mass is 10.1. The van der Waals surface area contributed by atoms with Crippen molar-refractivity contribution in [1.29, 1.82) is 0 Å². The molecule has 124 valence electrons. The molecule has 3 rings (SSSR count). The van der Waals surface area contributed by atoms with Gasteiger partial charge in [0.15, 0.2) is 0 Å². The summed E-state index contributed by atoms with van der Waals surface area (Å²) < 4.78 is 39.1. The zero-order valence-corrected chi connectivity index (χ0v) is 12.8. The zero-order chi connectivity index (χ0) is 17.3. The van der Waals surface area contributed by atoms with E-state index in [1.54, 1.807) is 5.38 Å². The second-order valence-electron chi connectivity index (χ2n) is 4.93. The Hall–Kier alpha value is -2.68. The monoisotopic (exact) mass is 353 g/mol. The van der Waals surface area contributed by atoms with Crippen molar-refractivity contribution >= 4 is 17.3 Å². The zero-order valence-electron chi connectivity index (χ0n) is 12.0. The minimum atomic E-state index is -4.37. The Morgan fingerprint density at radius 1 is 1.25 bits per heavy atom. The van der Waals surface area contributed by atoms with Crippen LogP contribution in [0.25, 0.3) is 11.3 Å². The second kappa shape index (κ2) is 6.08. The number of benzene rings is 1. The molecule has 0 amide bonds. The van der Waals surface area contributed by atoms with Crippen LogP contribution in [0, 0.1) is 0 Å². The molecule has 24 heavy (non-hydrogen) atoms. The molecule has 1 aromatic carbocycles. The van der Waals surface area contributed by atoms with Gasteiger partial charge in [0.25, 0.3) is 0 Å². The number of alkyl halides is 3. The topological polar surface area (TPSA) is 68.0 Å². The van der Waals surface area contributed by atoms with Crippen molar-refractivity contribution in [2.45, 2.75) is 12.7 Å². The van der Waals surface area contributed by atoms with Crippen LogP contribution in [0.3, 0.4) is 0 Å². The summed E-state index contributed by atoms with van der Waals surface area (Å²) in [5.74, 6) is -1.06. The van der Waals surface area contributed by atoms with Gasteiger partial charge in [-0.1, -0.05) is 12.1 Å². The van der Waals surface area contributed by atoms with Crippen LogP contribution in [-0.4, -0.2) is 25.8 Å². The molecule has 3 aromatic rings. The predicted octanol–water partition coefficient (Wildman–Crippen LogP) is 3.77. The van der Waals surface area contributed by atoms with E-state index in [1.165, 1.54) is 40.5 Å². The summed E-state index contributed by atoms with van der Waals surface area (Å²) in [5, 5.41) is 15.2. The lowest BCUT2D eigenvalue weighted by Gasteiger charge is -2.06. The first kappa shape index (κ1) is 16.2. The summed E-state index contributed by atoms with van der Waals surface area (Å²) >= 11 is 1.33. The van der Waals surface area contributed by atoms with Gasteiger partial charge in [0.1, 0.15) is 5.01 Å². The number of aromatic carboxylic acids is 1. The lowest BCUT2D eigenvalue weighted by Crippen LogP contribution is -2.04. The Balaban J connectivity index is 1.76. The molecule has 0 aliphatic rings. The van der Waals surface area contributed by atoms with E-state index in [-0.39, 0.29) is 5.56 Å². The van der Waals surface area contributed by atoms with Crippen LogP contribution in [-0.2, 0) is 12.7 Å². The Bertz CT molecular complexity index is 869. The van der Waals surface area contributed by atoms with Crippen LogP contribution in [0.4, 0.5) is 13.2 Å². The van der Waals surface area contributed by atoms with Gasteiger partial charge in [0.2, 0.25) is 0 Å². The number of carboxylic acids is 1. The van der Waals surface area contributed by atoms with E-state index in [2.05, 4.69) is 10.1 Å². The molecule has 0 unspecified atom stereocenters. The van der Waals surface area contributed by atoms with Crippen molar-refractivity contribution in [3.8, 4) is 11.3 Å². The highest BCUT2D eigenvalue weighted by Gasteiger charge is 2.30. The summed E-state index contributed by atoms with van der Waals surface area (Å²) in [5.41, 5.74) is 0.514. The summed E-state index contributed by atoms with van der Waals surface area (Å²) in [4.78, 5) is 15.2. The number of carboxylic acid groups (broad SMARTS) is 1. The van der Waals surface area contributed by atoms with Gasteiger partial charge in [-0.25, -0.2) is 9.78 Å². The molecular weight excluding hydrogens is 343 g/mol. The lowest BCUT2D eigenvalue weighted by molar-refractivity contribution is -0.137. The van der Waals surface area contributed by atoms with Crippen LogP contribution >= 0.6 is 11.3 Å². The number of aromatic nitrogens is 3. The summed E-state index contributed by atoms with van der Waals surface area (Å²) in [6.07, 6.45) is -1.73. The molecule has 1 N–H and O–H groups in total. The third-order valence-corrected chi connectivity index (χ3v) is 4.07. The first-order valence-corrected chi connectivity index (χ1v) is 7.58. The number of nitrogens with zero attached hydrogens (tertiary/aromatic N) is 3. The van der Waals surface area contributed by atoms with Gasteiger partial charge in [-0.2, -0.15) is 18.3 Å². The van der Waals surface area contributed by atoms with Crippen LogP contribution in [0.1, 0.15) is 20.9 Å². The van der Waals surface area contributed by atoms with E-state index < -0.39 is 17.7 Å². The van der Waals surface area contributed by atoms with E-state index in [0.717, 1.165) is 12.1 Å². The van der Waals surface area contributed by atoms with E-state index in [1.807, 2.05) is 0 Å². The number of halogens is 3. The third kappa shape index (κ3) is 3.46. The van der Waals surface area contributed by atoms with Crippen molar-refractivity contribution in [1.82, 2.24) is 14.8 Å². The van der Waals surface area contributed by atoms with Gasteiger partial charge in [-0.3, -0.25) is 4.68 Å². The molecule has 5 nitrogen and oxygen atoms in total. The van der Waals surface area contributed by atoms with Gasteiger partial charge in [0.05, 0.1) is 29.6 Å². The van der Waals surface area contributed by atoms with Crippen molar-refractivity contribution in [3.63, 3.8) is 0 Å². The number of carbonyl (C=O) groups is 1. The van der Waals surface area contributed by atoms with Gasteiger partial charge in [0, 0.05) is 17.1 Å². The van der Waals surface area contributed by atoms with E-state index in [4.69, 9.17) is 5.11 Å². The fraction of sp³-hybridized carbons (Fsp3) is 0.133. The number of hydrogen-bond donors (Lipinski definition) is 1. The largest absolute Gasteiger partial charge is 0.478 e. The van der Waals surface area contributed by atoms with Gasteiger partial charge >= 0.3 is 12.1 Å². The average Bonchev–Trinajstić information content (AvgIpc) is 3.16. The highest BCUT2D eigenvalue weighted by molar-refractivity contribution is 7.09. The second-order valence-corrected chi connectivity index (χ2v) is 5.88. The first-order chi connectivity index (χ1) is 11.3. The Kier molecular flexibility index (Phi) is 4.10. The highest BCUT2D eigenvalue weighted by atomic mass is 32.1. The maximum absolute atomic E-state index is 12.6. The normalized spacial score (nSPS) is 11.6. The number of thiazole rings is 1. The molecule has 0 radical (unpaired) electrons. The minimum Gasteiger partial charge on any atom is -0.478 e. The SMILES string of the molecule is O=C(O)c1cnn(Cc2nc(-c3ccc(C(F)(F)F)cc3)cs2)c1. The predicted molar refractivity (Wildman–Crippen MR) is 80.8 cm³/mol. The maximum atomic E-state index is 12.6. The van der Waals surface area contributed by atoms with Crippen molar-refractivity contribution in [2.75, 3.05) is 0 Å². The van der Waals surface area contributed by atoms with Gasteiger partial charge < -0.3 is 5.11 Å². The van der Waals surface area contributed by atoms with Crippen molar-refractivity contribution < 1.29 is 23.1 Å². The smallest absolute Gasteiger partial charge is 0.416 e. The molecule has 0 bridgehead atoms. The van der Waals surface area contributed by atoms with E-state index >= 15 is 0 Å². The van der Waals surface area contributed by atoms with Gasteiger partial charge in [-0.15, -0.1) is 11.3 Å². The average molecular weight is 353 g/mol. The van der Waals surface area contributed by atoms with Crippen molar-refractivity contribution in [3.05, 3.63) is 58.2 Å². The van der Waals surface area contributed by atoms with Crippen LogP contribution in [0.5, 0.6) is 0 Å². The number of rotatable bonds is 4. The molecule has 0 spiro atoms. The van der Waals surface area contributed by atoms with Crippen LogP contribution in [0.2, 0.25) is 0 Å². The minimum absolute atomic E-state index is 0.0783. The van der Waals surface area contributed by atoms with E-state index in [9.17, 15) is 18.0 Å². The maximum Gasteiger partial charge on any atom is 0.416 e. The third-order valence-electron chi connectivity index (χ3n) is 3.24. The summed E-state index contributed by atoms with van der Waals surface area (Å²) in [6.45, 7) is 0.290. The van der Waals surface area contributed by atoms with Crippen LogP contribution in [0.15, 0.2) is 42.0 Å².